The number of carbonyl (C=O) groups excluding carboxylic acids is 3. The molecule has 2 aromatic rings. The van der Waals surface area contributed by atoms with E-state index in [2.05, 4.69) is 0 Å². The summed E-state index contributed by atoms with van der Waals surface area (Å²) in [6.07, 6.45) is 0.0141. The van der Waals surface area contributed by atoms with Crippen LogP contribution in [0.5, 0.6) is 0 Å². The van der Waals surface area contributed by atoms with Gasteiger partial charge >= 0.3 is 6.09 Å². The predicted molar refractivity (Wildman–Crippen MR) is 108 cm³/mol. The third-order valence-corrected chi connectivity index (χ3v) is 5.42. The third-order valence-electron chi connectivity index (χ3n) is 5.42. The van der Waals surface area contributed by atoms with Crippen LogP contribution in [0.2, 0.25) is 0 Å². The van der Waals surface area contributed by atoms with Gasteiger partial charge in [0.15, 0.2) is 0 Å². The van der Waals surface area contributed by atoms with Gasteiger partial charge in [-0.25, -0.2) is 4.79 Å². The molecule has 6 heteroatoms. The van der Waals surface area contributed by atoms with Crippen LogP contribution >= 0.6 is 0 Å². The number of carbonyl (C=O) groups is 3. The number of likely N-dealkylation sites (N-methyl/N-ethyl adjacent to an activating group) is 1. The van der Waals surface area contributed by atoms with Gasteiger partial charge in [-0.1, -0.05) is 36.4 Å². The molecule has 0 fully saturated rings. The number of ether oxygens (including phenoxy) is 1. The average Bonchev–Trinajstić information content (AvgIpc) is 3.15. The molecule has 2 aliphatic rings. The topological polar surface area (TPSA) is 66.9 Å². The second-order valence-corrected chi connectivity index (χ2v) is 8.53. The maximum atomic E-state index is 13.1. The Labute approximate surface area is 170 Å². The molecule has 1 aliphatic carbocycles. The van der Waals surface area contributed by atoms with E-state index in [4.69, 9.17) is 4.74 Å². The number of hydrogen-bond acceptors (Lipinski definition) is 4. The maximum absolute atomic E-state index is 13.1. The highest BCUT2D eigenvalue weighted by Crippen LogP contribution is 2.41. The number of imide groups is 1. The Kier molecular flexibility index (Phi) is 4.45. The van der Waals surface area contributed by atoms with E-state index in [1.54, 1.807) is 31.3 Å². The number of fused-ring (bicyclic) bond motifs is 2. The summed E-state index contributed by atoms with van der Waals surface area (Å²) in [4.78, 5) is 41.8. The van der Waals surface area contributed by atoms with Gasteiger partial charge in [0.2, 0.25) is 0 Å². The number of amides is 3. The van der Waals surface area contributed by atoms with Crippen molar-refractivity contribution in [1.29, 1.82) is 0 Å². The lowest BCUT2D eigenvalue weighted by Gasteiger charge is -2.35. The summed E-state index contributed by atoms with van der Waals surface area (Å²) in [5.41, 5.74) is 2.13. The summed E-state index contributed by atoms with van der Waals surface area (Å²) < 4.78 is 5.55. The average molecular weight is 392 g/mol. The van der Waals surface area contributed by atoms with E-state index in [0.717, 1.165) is 11.1 Å². The second-order valence-electron chi connectivity index (χ2n) is 8.53. The maximum Gasteiger partial charge on any atom is 0.410 e. The van der Waals surface area contributed by atoms with Crippen molar-refractivity contribution in [3.05, 3.63) is 70.8 Å². The highest BCUT2D eigenvalue weighted by atomic mass is 16.6. The van der Waals surface area contributed by atoms with Crippen molar-refractivity contribution in [3.8, 4) is 0 Å². The standard InChI is InChI=1S/C23H24N2O4/c1-23(2,3)29-22(28)24(4)19-15-10-6-5-9-14(15)13-18(19)25-20(26)16-11-7-8-12-17(16)21(25)27/h5-12,18-19H,13H2,1-4H3/t18-,19-/m1/s1. The lowest BCUT2D eigenvalue weighted by molar-refractivity contribution is 0.0120. The normalized spacial score (nSPS) is 20.5. The van der Waals surface area contributed by atoms with Crippen molar-refractivity contribution < 1.29 is 19.1 Å². The van der Waals surface area contributed by atoms with Gasteiger partial charge in [0, 0.05) is 7.05 Å². The smallest absolute Gasteiger partial charge is 0.410 e. The fraction of sp³-hybridized carbons (Fsp3) is 0.348. The highest BCUT2D eigenvalue weighted by Gasteiger charge is 2.48. The fourth-order valence-electron chi connectivity index (χ4n) is 4.21. The van der Waals surface area contributed by atoms with Crippen molar-refractivity contribution in [2.75, 3.05) is 7.05 Å². The van der Waals surface area contributed by atoms with Gasteiger partial charge in [0.05, 0.1) is 23.2 Å². The molecule has 2 atom stereocenters. The minimum absolute atomic E-state index is 0.314. The number of hydrogen-bond donors (Lipinski definition) is 0. The molecule has 0 radical (unpaired) electrons. The zero-order valence-corrected chi connectivity index (χ0v) is 17.0. The van der Waals surface area contributed by atoms with Crippen molar-refractivity contribution in [1.82, 2.24) is 9.80 Å². The summed E-state index contributed by atoms with van der Waals surface area (Å²) in [6, 6.07) is 13.6. The van der Waals surface area contributed by atoms with Crippen LogP contribution in [-0.4, -0.2) is 46.4 Å². The zero-order valence-electron chi connectivity index (χ0n) is 17.0. The van der Waals surface area contributed by atoms with Gasteiger partial charge in [0.25, 0.3) is 11.8 Å². The second kappa shape index (κ2) is 6.72. The van der Waals surface area contributed by atoms with E-state index in [1.807, 2.05) is 45.0 Å². The lowest BCUT2D eigenvalue weighted by atomic mass is 10.0. The number of rotatable bonds is 2. The molecule has 29 heavy (non-hydrogen) atoms. The minimum Gasteiger partial charge on any atom is -0.444 e. The van der Waals surface area contributed by atoms with Crippen LogP contribution in [-0.2, 0) is 11.2 Å². The quantitative estimate of drug-likeness (QED) is 0.729. The van der Waals surface area contributed by atoms with Gasteiger partial charge in [-0.2, -0.15) is 0 Å². The molecule has 1 heterocycles. The lowest BCUT2D eigenvalue weighted by Crippen LogP contribution is -2.48. The first-order chi connectivity index (χ1) is 13.7. The summed E-state index contributed by atoms with van der Waals surface area (Å²) in [5.74, 6) is -0.628. The first-order valence-electron chi connectivity index (χ1n) is 9.69. The minimum atomic E-state index is -0.644. The molecule has 0 bridgehead atoms. The largest absolute Gasteiger partial charge is 0.444 e. The monoisotopic (exact) mass is 392 g/mol. The Morgan fingerprint density at radius 3 is 2.14 bits per heavy atom. The summed E-state index contributed by atoms with van der Waals surface area (Å²) in [5, 5.41) is 0. The van der Waals surface area contributed by atoms with Crippen molar-refractivity contribution in [2.45, 2.75) is 44.9 Å². The van der Waals surface area contributed by atoms with Crippen LogP contribution in [0, 0.1) is 0 Å². The molecule has 3 amide bonds. The Balaban J connectivity index is 1.73. The Morgan fingerprint density at radius 2 is 1.55 bits per heavy atom. The molecule has 0 aromatic heterocycles. The Hall–Kier alpha value is -3.15. The Morgan fingerprint density at radius 1 is 1.00 bits per heavy atom. The third kappa shape index (κ3) is 3.18. The zero-order chi connectivity index (χ0) is 20.9. The van der Waals surface area contributed by atoms with Crippen molar-refractivity contribution in [3.63, 3.8) is 0 Å². The van der Waals surface area contributed by atoms with Crippen molar-refractivity contribution in [2.24, 2.45) is 0 Å². The molecule has 0 saturated heterocycles. The molecule has 1 aliphatic heterocycles. The van der Waals surface area contributed by atoms with E-state index >= 15 is 0 Å². The molecule has 0 N–H and O–H groups in total. The van der Waals surface area contributed by atoms with E-state index in [1.165, 1.54) is 9.80 Å². The summed E-state index contributed by atoms with van der Waals surface area (Å²) in [7, 11) is 1.66. The van der Waals surface area contributed by atoms with E-state index in [0.29, 0.717) is 17.5 Å². The molecule has 6 nitrogen and oxygen atoms in total. The van der Waals surface area contributed by atoms with Crippen LogP contribution in [0.15, 0.2) is 48.5 Å². The van der Waals surface area contributed by atoms with Crippen LogP contribution in [0.4, 0.5) is 4.79 Å². The highest BCUT2D eigenvalue weighted by molar-refractivity contribution is 6.21. The van der Waals surface area contributed by atoms with Crippen LogP contribution in [0.3, 0.4) is 0 Å². The predicted octanol–water partition coefficient (Wildman–Crippen LogP) is 3.82. The van der Waals surface area contributed by atoms with Crippen LogP contribution in [0.1, 0.15) is 58.7 Å². The van der Waals surface area contributed by atoms with E-state index in [9.17, 15) is 14.4 Å². The fourth-order valence-corrected chi connectivity index (χ4v) is 4.21. The number of nitrogens with zero attached hydrogens (tertiary/aromatic N) is 2. The molecule has 0 unspecified atom stereocenters. The molecular weight excluding hydrogens is 368 g/mol. The SMILES string of the molecule is CN(C(=O)OC(C)(C)C)[C@@H]1c2ccccc2C[C@H]1N1C(=O)c2ccccc2C1=O. The molecular formula is C23H24N2O4. The molecule has 2 aromatic carbocycles. The Bertz CT molecular complexity index is 973. The summed E-state index contributed by atoms with van der Waals surface area (Å²) in [6.45, 7) is 5.43. The van der Waals surface area contributed by atoms with Gasteiger partial charge < -0.3 is 9.64 Å². The number of benzene rings is 2. The summed E-state index contributed by atoms with van der Waals surface area (Å²) >= 11 is 0. The molecule has 150 valence electrons. The molecule has 0 spiro atoms. The first kappa shape index (κ1) is 19.2. The van der Waals surface area contributed by atoms with E-state index in [-0.39, 0.29) is 11.8 Å². The van der Waals surface area contributed by atoms with Gasteiger partial charge in [0.1, 0.15) is 5.60 Å². The van der Waals surface area contributed by atoms with Crippen molar-refractivity contribution >= 4 is 17.9 Å². The van der Waals surface area contributed by atoms with Gasteiger partial charge in [-0.15, -0.1) is 0 Å². The van der Waals surface area contributed by atoms with Crippen LogP contribution < -0.4 is 0 Å². The van der Waals surface area contributed by atoms with E-state index < -0.39 is 23.8 Å². The van der Waals surface area contributed by atoms with Gasteiger partial charge in [-0.3, -0.25) is 14.5 Å². The molecule has 4 rings (SSSR count). The first-order valence-corrected chi connectivity index (χ1v) is 9.69. The molecule has 0 saturated carbocycles. The van der Waals surface area contributed by atoms with Crippen LogP contribution in [0.25, 0.3) is 0 Å². The van der Waals surface area contributed by atoms with Gasteiger partial charge in [-0.05, 0) is 50.5 Å².